The summed E-state index contributed by atoms with van der Waals surface area (Å²) in [5.41, 5.74) is 1.27. The van der Waals surface area contributed by atoms with Crippen LogP contribution in [-0.2, 0) is 18.7 Å². The van der Waals surface area contributed by atoms with Crippen LogP contribution < -0.4 is 0 Å². The standard InChI is InChI=1S/C16H16BrN3S2/c1-2-20-15(10-12-6-4-3-5-7-12)18-19-16(20)21-11-13-8-9-14(17)22-13/h3-9H,2,10-11H2,1H3. The molecule has 0 radical (unpaired) electrons. The van der Waals surface area contributed by atoms with Crippen LogP contribution in [0.3, 0.4) is 0 Å². The molecule has 0 fully saturated rings. The average Bonchev–Trinajstić information content (AvgIpc) is 3.12. The molecule has 0 aliphatic rings. The van der Waals surface area contributed by atoms with Crippen molar-refractivity contribution in [2.45, 2.75) is 30.8 Å². The summed E-state index contributed by atoms with van der Waals surface area (Å²) in [5, 5.41) is 9.76. The molecule has 3 nitrogen and oxygen atoms in total. The van der Waals surface area contributed by atoms with Crippen LogP contribution in [0.5, 0.6) is 0 Å². The van der Waals surface area contributed by atoms with E-state index in [2.05, 4.69) is 74.0 Å². The Bertz CT molecular complexity index is 737. The summed E-state index contributed by atoms with van der Waals surface area (Å²) in [4.78, 5) is 1.34. The van der Waals surface area contributed by atoms with Gasteiger partial charge in [0.05, 0.1) is 3.79 Å². The highest BCUT2D eigenvalue weighted by atomic mass is 79.9. The van der Waals surface area contributed by atoms with Crippen molar-refractivity contribution in [2.75, 3.05) is 0 Å². The number of nitrogens with zero attached hydrogens (tertiary/aromatic N) is 3. The quantitative estimate of drug-likeness (QED) is 0.551. The van der Waals surface area contributed by atoms with Gasteiger partial charge in [0, 0.05) is 23.6 Å². The minimum Gasteiger partial charge on any atom is -0.306 e. The first kappa shape index (κ1) is 15.8. The second-order valence-electron chi connectivity index (χ2n) is 4.80. The molecule has 3 rings (SSSR count). The highest BCUT2D eigenvalue weighted by molar-refractivity contribution is 9.11. The lowest BCUT2D eigenvalue weighted by atomic mass is 10.1. The number of rotatable bonds is 6. The van der Waals surface area contributed by atoms with Crippen molar-refractivity contribution in [2.24, 2.45) is 0 Å². The lowest BCUT2D eigenvalue weighted by Gasteiger charge is -2.07. The zero-order chi connectivity index (χ0) is 15.4. The Kier molecular flexibility index (Phi) is 5.33. The molecule has 3 aromatic rings. The molecule has 0 aliphatic carbocycles. The molecule has 2 heterocycles. The molecule has 2 aromatic heterocycles. The van der Waals surface area contributed by atoms with E-state index >= 15 is 0 Å². The highest BCUT2D eigenvalue weighted by Crippen LogP contribution is 2.29. The van der Waals surface area contributed by atoms with Gasteiger partial charge in [0.1, 0.15) is 5.82 Å². The van der Waals surface area contributed by atoms with Crippen molar-refractivity contribution < 1.29 is 0 Å². The number of benzene rings is 1. The molecule has 0 saturated heterocycles. The monoisotopic (exact) mass is 393 g/mol. The summed E-state index contributed by atoms with van der Waals surface area (Å²) in [6.45, 7) is 3.04. The van der Waals surface area contributed by atoms with Gasteiger partial charge in [-0.2, -0.15) is 0 Å². The lowest BCUT2D eigenvalue weighted by molar-refractivity contribution is 0.651. The van der Waals surface area contributed by atoms with E-state index in [0.717, 1.165) is 29.7 Å². The van der Waals surface area contributed by atoms with E-state index in [1.807, 2.05) is 6.07 Å². The molecule has 22 heavy (non-hydrogen) atoms. The Balaban J connectivity index is 1.72. The third-order valence-corrected chi connectivity index (χ3v) is 6.11. The predicted octanol–water partition coefficient (Wildman–Crippen LogP) is 5.01. The summed E-state index contributed by atoms with van der Waals surface area (Å²) < 4.78 is 3.38. The SMILES string of the molecule is CCn1c(Cc2ccccc2)nnc1SCc1ccc(Br)s1. The molecule has 0 amide bonds. The van der Waals surface area contributed by atoms with Gasteiger partial charge < -0.3 is 4.57 Å². The topological polar surface area (TPSA) is 30.7 Å². The lowest BCUT2D eigenvalue weighted by Crippen LogP contribution is -2.04. The van der Waals surface area contributed by atoms with E-state index in [1.54, 1.807) is 23.1 Å². The first-order valence-corrected chi connectivity index (χ1v) is 9.68. The summed E-state index contributed by atoms with van der Waals surface area (Å²) in [5.74, 6) is 1.96. The maximum Gasteiger partial charge on any atom is 0.191 e. The minimum absolute atomic E-state index is 0.826. The average molecular weight is 394 g/mol. The number of hydrogen-bond donors (Lipinski definition) is 0. The maximum absolute atomic E-state index is 4.39. The fourth-order valence-electron chi connectivity index (χ4n) is 2.22. The molecule has 0 bridgehead atoms. The van der Waals surface area contributed by atoms with Crippen LogP contribution in [0.2, 0.25) is 0 Å². The van der Waals surface area contributed by atoms with Gasteiger partial charge in [-0.1, -0.05) is 42.1 Å². The molecule has 6 heteroatoms. The zero-order valence-corrected chi connectivity index (χ0v) is 15.4. The number of thiophene rings is 1. The summed E-state index contributed by atoms with van der Waals surface area (Å²) in [6.07, 6.45) is 0.826. The zero-order valence-electron chi connectivity index (χ0n) is 12.2. The Morgan fingerprint density at radius 3 is 2.64 bits per heavy atom. The Hall–Kier alpha value is -1.11. The highest BCUT2D eigenvalue weighted by Gasteiger charge is 2.12. The smallest absolute Gasteiger partial charge is 0.191 e. The Morgan fingerprint density at radius 2 is 1.95 bits per heavy atom. The number of thioether (sulfide) groups is 1. The molecule has 0 N–H and O–H groups in total. The molecule has 0 aliphatic heterocycles. The fourth-order valence-corrected chi connectivity index (χ4v) is 4.77. The van der Waals surface area contributed by atoms with E-state index in [-0.39, 0.29) is 0 Å². The van der Waals surface area contributed by atoms with Gasteiger partial charge in [0.25, 0.3) is 0 Å². The fraction of sp³-hybridized carbons (Fsp3) is 0.250. The third kappa shape index (κ3) is 3.80. The van der Waals surface area contributed by atoms with E-state index in [1.165, 1.54) is 14.2 Å². The van der Waals surface area contributed by atoms with Crippen LogP contribution in [0.25, 0.3) is 0 Å². The van der Waals surface area contributed by atoms with Crippen LogP contribution in [0, 0.1) is 0 Å². The molecule has 114 valence electrons. The van der Waals surface area contributed by atoms with Gasteiger partial charge in [-0.3, -0.25) is 0 Å². The molecule has 0 atom stereocenters. The second kappa shape index (κ2) is 7.44. The van der Waals surface area contributed by atoms with Gasteiger partial charge in [-0.05, 0) is 40.5 Å². The first-order chi connectivity index (χ1) is 10.8. The predicted molar refractivity (Wildman–Crippen MR) is 96.5 cm³/mol. The summed E-state index contributed by atoms with van der Waals surface area (Å²) in [7, 11) is 0. The van der Waals surface area contributed by atoms with Crippen LogP contribution >= 0.6 is 39.0 Å². The molecule has 1 aromatic carbocycles. The van der Waals surface area contributed by atoms with E-state index in [4.69, 9.17) is 0 Å². The van der Waals surface area contributed by atoms with E-state index < -0.39 is 0 Å². The van der Waals surface area contributed by atoms with Gasteiger partial charge in [0.15, 0.2) is 5.16 Å². The van der Waals surface area contributed by atoms with Gasteiger partial charge in [-0.15, -0.1) is 21.5 Å². The maximum atomic E-state index is 4.39. The second-order valence-corrected chi connectivity index (χ2v) is 8.29. The normalized spacial score (nSPS) is 11.0. The van der Waals surface area contributed by atoms with Crippen molar-refractivity contribution >= 4 is 39.0 Å². The molecular formula is C16H16BrN3S2. The van der Waals surface area contributed by atoms with Gasteiger partial charge in [-0.25, -0.2) is 0 Å². The van der Waals surface area contributed by atoms with Crippen LogP contribution in [0.4, 0.5) is 0 Å². The van der Waals surface area contributed by atoms with Crippen molar-refractivity contribution in [3.63, 3.8) is 0 Å². The Morgan fingerprint density at radius 1 is 1.14 bits per heavy atom. The van der Waals surface area contributed by atoms with Crippen LogP contribution in [0.15, 0.2) is 51.4 Å². The molecular weight excluding hydrogens is 378 g/mol. The number of halogens is 1. The number of hydrogen-bond acceptors (Lipinski definition) is 4. The van der Waals surface area contributed by atoms with Crippen molar-refractivity contribution in [3.05, 3.63) is 62.5 Å². The van der Waals surface area contributed by atoms with E-state index in [0.29, 0.717) is 0 Å². The third-order valence-electron chi connectivity index (χ3n) is 3.29. The molecule has 0 unspecified atom stereocenters. The van der Waals surface area contributed by atoms with Gasteiger partial charge in [0.2, 0.25) is 0 Å². The van der Waals surface area contributed by atoms with Crippen LogP contribution in [0.1, 0.15) is 23.2 Å². The molecule has 0 spiro atoms. The van der Waals surface area contributed by atoms with E-state index in [9.17, 15) is 0 Å². The molecule has 0 saturated carbocycles. The largest absolute Gasteiger partial charge is 0.306 e. The minimum atomic E-state index is 0.826. The van der Waals surface area contributed by atoms with Crippen LogP contribution in [-0.4, -0.2) is 14.8 Å². The van der Waals surface area contributed by atoms with Crippen molar-refractivity contribution in [1.82, 2.24) is 14.8 Å². The van der Waals surface area contributed by atoms with Crippen molar-refractivity contribution in [1.29, 1.82) is 0 Å². The summed E-state index contributed by atoms with van der Waals surface area (Å²) >= 11 is 7.02. The first-order valence-electron chi connectivity index (χ1n) is 7.09. The summed E-state index contributed by atoms with van der Waals surface area (Å²) in [6, 6.07) is 14.7. The Labute approximate surface area is 146 Å². The van der Waals surface area contributed by atoms with Gasteiger partial charge >= 0.3 is 0 Å². The number of aromatic nitrogens is 3. The van der Waals surface area contributed by atoms with Crippen molar-refractivity contribution in [3.8, 4) is 0 Å².